The Morgan fingerprint density at radius 2 is 2.10 bits per heavy atom. The van der Waals surface area contributed by atoms with E-state index in [4.69, 9.17) is 4.99 Å². The summed E-state index contributed by atoms with van der Waals surface area (Å²) in [6, 6.07) is 4.29. The lowest BCUT2D eigenvalue weighted by Gasteiger charge is -2.31. The van der Waals surface area contributed by atoms with Crippen LogP contribution in [0.3, 0.4) is 0 Å². The number of hydrogen-bond donors (Lipinski definition) is 2. The summed E-state index contributed by atoms with van der Waals surface area (Å²) < 4.78 is 37.8. The molecule has 2 aliphatic rings. The summed E-state index contributed by atoms with van der Waals surface area (Å²) in [5, 5.41) is 8.70. The highest BCUT2D eigenvalue weighted by Gasteiger charge is 2.34. The highest BCUT2D eigenvalue weighted by molar-refractivity contribution is 7.09. The van der Waals surface area contributed by atoms with Gasteiger partial charge in [0, 0.05) is 50.2 Å². The molecule has 29 heavy (non-hydrogen) atoms. The van der Waals surface area contributed by atoms with Crippen LogP contribution in [0.5, 0.6) is 0 Å². The maximum atomic E-state index is 12.6. The van der Waals surface area contributed by atoms with Crippen LogP contribution in [0.15, 0.2) is 22.5 Å². The third-order valence-electron chi connectivity index (χ3n) is 5.43. The summed E-state index contributed by atoms with van der Waals surface area (Å²) in [7, 11) is 0. The summed E-state index contributed by atoms with van der Waals surface area (Å²) in [5.74, 6) is 1.24. The zero-order valence-corrected chi connectivity index (χ0v) is 17.9. The molecule has 0 aliphatic carbocycles. The van der Waals surface area contributed by atoms with Crippen molar-refractivity contribution in [3.63, 3.8) is 0 Å². The minimum Gasteiger partial charge on any atom is -0.357 e. The predicted octanol–water partition coefficient (Wildman–Crippen LogP) is 3.15. The van der Waals surface area contributed by atoms with Gasteiger partial charge >= 0.3 is 6.18 Å². The summed E-state index contributed by atoms with van der Waals surface area (Å²) in [6.45, 7) is 6.71. The Hall–Kier alpha value is -1.32. The molecule has 3 heterocycles. The van der Waals surface area contributed by atoms with E-state index in [1.807, 2.05) is 6.92 Å². The Labute approximate surface area is 175 Å². The van der Waals surface area contributed by atoms with Crippen molar-refractivity contribution in [2.75, 3.05) is 45.8 Å². The molecule has 2 unspecified atom stereocenters. The highest BCUT2D eigenvalue weighted by atomic mass is 32.1. The van der Waals surface area contributed by atoms with Crippen LogP contribution in [0.1, 0.15) is 31.1 Å². The number of piperidine rings is 1. The topological polar surface area (TPSA) is 42.9 Å². The van der Waals surface area contributed by atoms with Gasteiger partial charge in [-0.25, -0.2) is 0 Å². The van der Waals surface area contributed by atoms with Crippen molar-refractivity contribution in [3.8, 4) is 0 Å². The first-order valence-electron chi connectivity index (χ1n) is 10.5. The number of hydrogen-bond acceptors (Lipinski definition) is 4. The molecular weight excluding hydrogens is 399 g/mol. The number of thiophene rings is 1. The van der Waals surface area contributed by atoms with E-state index in [-0.39, 0.29) is 6.04 Å². The van der Waals surface area contributed by atoms with E-state index in [9.17, 15) is 13.2 Å². The fourth-order valence-corrected chi connectivity index (χ4v) is 4.89. The van der Waals surface area contributed by atoms with E-state index in [0.717, 1.165) is 38.7 Å². The van der Waals surface area contributed by atoms with Gasteiger partial charge in [-0.2, -0.15) is 13.2 Å². The van der Waals surface area contributed by atoms with Gasteiger partial charge in [-0.1, -0.05) is 6.07 Å². The lowest BCUT2D eigenvalue weighted by Crippen LogP contribution is -2.45. The van der Waals surface area contributed by atoms with Crippen LogP contribution >= 0.6 is 11.3 Å². The van der Waals surface area contributed by atoms with E-state index >= 15 is 0 Å². The molecule has 3 rings (SSSR count). The number of guanidine groups is 1. The molecule has 5 nitrogen and oxygen atoms in total. The van der Waals surface area contributed by atoms with Gasteiger partial charge in [0.2, 0.25) is 0 Å². The number of nitrogens with zero attached hydrogens (tertiary/aromatic N) is 3. The first kappa shape index (κ1) is 22.4. The zero-order valence-electron chi connectivity index (χ0n) is 17.0. The zero-order chi connectivity index (χ0) is 20.7. The average Bonchev–Trinajstić information content (AvgIpc) is 3.31. The number of alkyl halides is 3. The monoisotopic (exact) mass is 431 g/mol. The summed E-state index contributed by atoms with van der Waals surface area (Å²) in [5.41, 5.74) is 0. The third kappa shape index (κ3) is 7.79. The van der Waals surface area contributed by atoms with Crippen molar-refractivity contribution in [2.45, 2.75) is 44.9 Å². The maximum absolute atomic E-state index is 12.6. The van der Waals surface area contributed by atoms with Gasteiger partial charge in [-0.3, -0.25) is 14.8 Å². The van der Waals surface area contributed by atoms with E-state index in [2.05, 4.69) is 33.0 Å². The lowest BCUT2D eigenvalue weighted by molar-refractivity contribution is -0.143. The number of likely N-dealkylation sites (tertiary alicyclic amines) is 2. The van der Waals surface area contributed by atoms with Crippen LogP contribution in [-0.4, -0.2) is 73.8 Å². The molecule has 2 aliphatic heterocycles. The predicted molar refractivity (Wildman–Crippen MR) is 112 cm³/mol. The van der Waals surface area contributed by atoms with Gasteiger partial charge in [0.05, 0.1) is 6.54 Å². The number of halogens is 3. The molecule has 0 saturated carbocycles. The normalized spacial score (nSPS) is 24.8. The average molecular weight is 432 g/mol. The van der Waals surface area contributed by atoms with Crippen molar-refractivity contribution in [1.82, 2.24) is 20.4 Å². The molecular formula is C20H32F3N5S. The van der Waals surface area contributed by atoms with Gasteiger partial charge < -0.3 is 10.6 Å². The molecule has 0 spiro atoms. The molecule has 0 aromatic carbocycles. The fourth-order valence-electron chi connectivity index (χ4n) is 4.15. The van der Waals surface area contributed by atoms with Crippen LogP contribution in [0.4, 0.5) is 13.2 Å². The molecule has 0 radical (unpaired) electrons. The first-order chi connectivity index (χ1) is 13.9. The Balaban J connectivity index is 1.47. The molecule has 1 aromatic rings. The largest absolute Gasteiger partial charge is 0.401 e. The summed E-state index contributed by atoms with van der Waals surface area (Å²) in [4.78, 5) is 10.1. The molecule has 2 N–H and O–H groups in total. The summed E-state index contributed by atoms with van der Waals surface area (Å²) >= 11 is 1.80. The molecule has 2 fully saturated rings. The molecule has 2 saturated heterocycles. The second-order valence-corrected chi connectivity index (χ2v) is 9.05. The van der Waals surface area contributed by atoms with Crippen LogP contribution in [0, 0.1) is 5.92 Å². The van der Waals surface area contributed by atoms with Gasteiger partial charge in [0.1, 0.15) is 0 Å². The van der Waals surface area contributed by atoms with E-state index < -0.39 is 12.7 Å². The van der Waals surface area contributed by atoms with Crippen molar-refractivity contribution in [1.29, 1.82) is 0 Å². The maximum Gasteiger partial charge on any atom is 0.401 e. The summed E-state index contributed by atoms with van der Waals surface area (Å²) in [6.07, 6.45) is -1.07. The Kier molecular flexibility index (Phi) is 8.20. The second-order valence-electron chi connectivity index (χ2n) is 8.02. The smallest absolute Gasteiger partial charge is 0.357 e. The molecule has 9 heteroatoms. The van der Waals surface area contributed by atoms with Crippen molar-refractivity contribution in [3.05, 3.63) is 22.4 Å². The molecule has 2 atom stereocenters. The molecule has 0 amide bonds. The van der Waals surface area contributed by atoms with Gasteiger partial charge in [-0.15, -0.1) is 11.3 Å². The van der Waals surface area contributed by atoms with Crippen LogP contribution < -0.4 is 10.6 Å². The Morgan fingerprint density at radius 3 is 2.83 bits per heavy atom. The highest BCUT2D eigenvalue weighted by Crippen LogP contribution is 2.21. The molecule has 0 bridgehead atoms. The molecule has 1 aromatic heterocycles. The Morgan fingerprint density at radius 1 is 1.24 bits per heavy atom. The van der Waals surface area contributed by atoms with E-state index in [0.29, 0.717) is 25.4 Å². The van der Waals surface area contributed by atoms with E-state index in [1.54, 1.807) is 11.3 Å². The molecule has 164 valence electrons. The van der Waals surface area contributed by atoms with Gasteiger partial charge in [0.15, 0.2) is 5.96 Å². The first-order valence-corrected chi connectivity index (χ1v) is 11.4. The Bertz CT molecular complexity index is 635. The van der Waals surface area contributed by atoms with Crippen molar-refractivity contribution < 1.29 is 13.2 Å². The number of nitrogens with one attached hydrogen (secondary N) is 2. The van der Waals surface area contributed by atoms with Crippen LogP contribution in [0.25, 0.3) is 0 Å². The number of rotatable bonds is 7. The minimum atomic E-state index is -4.14. The van der Waals surface area contributed by atoms with E-state index in [1.165, 1.54) is 22.6 Å². The third-order valence-corrected chi connectivity index (χ3v) is 6.29. The second kappa shape index (κ2) is 10.6. The standard InChI is InChI=1S/C20H32F3N5S/c1-2-24-19(26-17-7-9-28(13-17)15-20(21,22)23)25-11-16-5-3-8-27(12-16)14-18-6-4-10-29-18/h4,6,10,16-17H,2-3,5,7-9,11-15H2,1H3,(H2,24,25,26). The van der Waals surface area contributed by atoms with Gasteiger partial charge in [-0.05, 0) is 50.1 Å². The van der Waals surface area contributed by atoms with Crippen molar-refractivity contribution in [2.24, 2.45) is 10.9 Å². The SMILES string of the molecule is CCNC(=NCC1CCCN(Cc2cccs2)C1)NC1CCN(CC(F)(F)F)C1. The van der Waals surface area contributed by atoms with Crippen molar-refractivity contribution >= 4 is 17.3 Å². The quantitative estimate of drug-likeness (QED) is 0.514. The lowest BCUT2D eigenvalue weighted by atomic mass is 9.98. The number of aliphatic imine (C=N–C) groups is 1. The minimum absolute atomic E-state index is 0.0110. The van der Waals surface area contributed by atoms with Crippen LogP contribution in [-0.2, 0) is 6.54 Å². The van der Waals surface area contributed by atoms with Crippen LogP contribution in [0.2, 0.25) is 0 Å². The van der Waals surface area contributed by atoms with Gasteiger partial charge in [0.25, 0.3) is 0 Å². The fraction of sp³-hybridized carbons (Fsp3) is 0.750.